The lowest BCUT2D eigenvalue weighted by Gasteiger charge is -2.35. The van der Waals surface area contributed by atoms with Crippen LogP contribution in [0.15, 0.2) is 0 Å². The lowest BCUT2D eigenvalue weighted by atomic mass is 10.0. The second-order valence-electron chi connectivity index (χ2n) is 4.21. The highest BCUT2D eigenvalue weighted by Crippen LogP contribution is 2.24. The summed E-state index contributed by atoms with van der Waals surface area (Å²) >= 11 is 0. The van der Waals surface area contributed by atoms with Gasteiger partial charge in [-0.05, 0) is 26.2 Å². The zero-order valence-electron chi connectivity index (χ0n) is 9.52. The number of nitrogens with zero attached hydrogens (tertiary/aromatic N) is 1. The Kier molecular flexibility index (Phi) is 4.55. The molecule has 1 heterocycles. The Bertz CT molecular complexity index is 289. The second-order valence-corrected chi connectivity index (χ2v) is 6.51. The smallest absolute Gasteiger partial charge is 0.219 e. The van der Waals surface area contributed by atoms with E-state index in [1.165, 1.54) is 0 Å². The van der Waals surface area contributed by atoms with E-state index in [0.29, 0.717) is 6.54 Å². The van der Waals surface area contributed by atoms with Gasteiger partial charge in [-0.2, -0.15) is 4.31 Å². The van der Waals surface area contributed by atoms with Gasteiger partial charge in [-0.25, -0.2) is 8.42 Å². The van der Waals surface area contributed by atoms with Crippen molar-refractivity contribution in [3.8, 4) is 0 Å². The molecule has 0 aromatic carbocycles. The standard InChI is InChI=1S/C10H21NO3S/c1-3-10-6-4-5-7-11(10)15(13,14)9(2)8-12/h9-10,12H,3-8H2,1-2H3. The highest BCUT2D eigenvalue weighted by atomic mass is 32.2. The molecule has 1 N–H and O–H groups in total. The Hall–Kier alpha value is -0.130. The molecule has 5 heteroatoms. The third-order valence-electron chi connectivity index (χ3n) is 3.14. The summed E-state index contributed by atoms with van der Waals surface area (Å²) in [6.45, 7) is 3.90. The van der Waals surface area contributed by atoms with E-state index in [-0.39, 0.29) is 12.6 Å². The number of hydrogen-bond donors (Lipinski definition) is 1. The average molecular weight is 235 g/mol. The highest BCUT2D eigenvalue weighted by Gasteiger charge is 2.34. The van der Waals surface area contributed by atoms with Gasteiger partial charge in [0.25, 0.3) is 0 Å². The minimum Gasteiger partial charge on any atom is -0.395 e. The summed E-state index contributed by atoms with van der Waals surface area (Å²) in [4.78, 5) is 0. The third kappa shape index (κ3) is 2.71. The fourth-order valence-corrected chi connectivity index (χ4v) is 3.75. The van der Waals surface area contributed by atoms with Crippen molar-refractivity contribution in [1.29, 1.82) is 0 Å². The SMILES string of the molecule is CCC1CCCCN1S(=O)(=O)C(C)CO. The van der Waals surface area contributed by atoms with Crippen molar-refractivity contribution >= 4 is 10.0 Å². The van der Waals surface area contributed by atoms with Gasteiger partial charge in [-0.15, -0.1) is 0 Å². The van der Waals surface area contributed by atoms with Gasteiger partial charge in [-0.3, -0.25) is 0 Å². The van der Waals surface area contributed by atoms with Crippen LogP contribution in [0, 0.1) is 0 Å². The zero-order valence-corrected chi connectivity index (χ0v) is 10.3. The summed E-state index contributed by atoms with van der Waals surface area (Å²) in [5.74, 6) is 0. The van der Waals surface area contributed by atoms with E-state index in [2.05, 4.69) is 0 Å². The fourth-order valence-electron chi connectivity index (χ4n) is 2.04. The minimum atomic E-state index is -3.29. The molecular weight excluding hydrogens is 214 g/mol. The molecule has 90 valence electrons. The molecule has 1 saturated heterocycles. The van der Waals surface area contributed by atoms with Gasteiger partial charge in [0.05, 0.1) is 11.9 Å². The molecule has 1 fully saturated rings. The first-order valence-corrected chi connectivity index (χ1v) is 7.15. The van der Waals surface area contributed by atoms with Gasteiger partial charge in [0, 0.05) is 12.6 Å². The van der Waals surface area contributed by atoms with Crippen molar-refractivity contribution < 1.29 is 13.5 Å². The summed E-state index contributed by atoms with van der Waals surface area (Å²) in [7, 11) is -3.29. The van der Waals surface area contributed by atoms with Crippen LogP contribution < -0.4 is 0 Å². The Morgan fingerprint density at radius 3 is 2.67 bits per heavy atom. The highest BCUT2D eigenvalue weighted by molar-refractivity contribution is 7.89. The summed E-state index contributed by atoms with van der Waals surface area (Å²) in [5.41, 5.74) is 0. The summed E-state index contributed by atoms with van der Waals surface area (Å²) < 4.78 is 25.7. The lowest BCUT2D eigenvalue weighted by molar-refractivity contribution is 0.235. The first-order valence-electron chi connectivity index (χ1n) is 5.65. The molecule has 0 aromatic heterocycles. The monoisotopic (exact) mass is 235 g/mol. The fraction of sp³-hybridized carbons (Fsp3) is 1.00. The van der Waals surface area contributed by atoms with Gasteiger partial charge in [0.15, 0.2) is 0 Å². The van der Waals surface area contributed by atoms with Crippen molar-refractivity contribution in [2.45, 2.75) is 50.8 Å². The maximum absolute atomic E-state index is 12.1. The van der Waals surface area contributed by atoms with E-state index in [0.717, 1.165) is 25.7 Å². The van der Waals surface area contributed by atoms with E-state index < -0.39 is 15.3 Å². The van der Waals surface area contributed by atoms with Crippen molar-refractivity contribution in [3.63, 3.8) is 0 Å². The predicted octanol–water partition coefficient (Wildman–Crippen LogP) is 0.962. The van der Waals surface area contributed by atoms with Gasteiger partial charge >= 0.3 is 0 Å². The molecule has 0 spiro atoms. The van der Waals surface area contributed by atoms with E-state index in [1.54, 1.807) is 11.2 Å². The molecule has 1 rings (SSSR count). The van der Waals surface area contributed by atoms with Gasteiger partial charge in [0.2, 0.25) is 10.0 Å². The Balaban J connectivity index is 2.83. The number of aliphatic hydroxyl groups is 1. The lowest BCUT2D eigenvalue weighted by Crippen LogP contribution is -2.47. The molecule has 2 atom stereocenters. The third-order valence-corrected chi connectivity index (χ3v) is 5.44. The van der Waals surface area contributed by atoms with E-state index in [4.69, 9.17) is 5.11 Å². The zero-order chi connectivity index (χ0) is 11.5. The molecule has 0 aliphatic carbocycles. The van der Waals surface area contributed by atoms with E-state index in [9.17, 15) is 8.42 Å². The van der Waals surface area contributed by atoms with Crippen molar-refractivity contribution in [1.82, 2.24) is 4.31 Å². The molecule has 1 aliphatic rings. The van der Waals surface area contributed by atoms with Crippen LogP contribution in [0.2, 0.25) is 0 Å². The quantitative estimate of drug-likeness (QED) is 0.789. The van der Waals surface area contributed by atoms with E-state index in [1.807, 2.05) is 6.92 Å². The summed E-state index contributed by atoms with van der Waals surface area (Å²) in [6.07, 6.45) is 3.86. The number of sulfonamides is 1. The van der Waals surface area contributed by atoms with Crippen LogP contribution in [-0.2, 0) is 10.0 Å². The van der Waals surface area contributed by atoms with Crippen LogP contribution in [0.5, 0.6) is 0 Å². The second kappa shape index (κ2) is 5.27. The molecule has 15 heavy (non-hydrogen) atoms. The first-order chi connectivity index (χ1) is 7.04. The first kappa shape index (κ1) is 12.9. The Morgan fingerprint density at radius 2 is 2.13 bits per heavy atom. The molecule has 0 bridgehead atoms. The molecule has 0 radical (unpaired) electrons. The largest absolute Gasteiger partial charge is 0.395 e. The average Bonchev–Trinajstić information content (AvgIpc) is 2.27. The maximum atomic E-state index is 12.1. The van der Waals surface area contributed by atoms with E-state index >= 15 is 0 Å². The molecule has 0 aromatic rings. The molecule has 2 unspecified atom stereocenters. The number of rotatable bonds is 4. The van der Waals surface area contributed by atoms with Gasteiger partial charge < -0.3 is 5.11 Å². The predicted molar refractivity (Wildman–Crippen MR) is 60.1 cm³/mol. The van der Waals surface area contributed by atoms with Crippen LogP contribution in [0.3, 0.4) is 0 Å². The topological polar surface area (TPSA) is 57.6 Å². The van der Waals surface area contributed by atoms with Crippen LogP contribution >= 0.6 is 0 Å². The summed E-state index contributed by atoms with van der Waals surface area (Å²) in [6, 6.07) is 0.137. The van der Waals surface area contributed by atoms with Crippen molar-refractivity contribution in [2.24, 2.45) is 0 Å². The molecule has 1 aliphatic heterocycles. The summed E-state index contributed by atoms with van der Waals surface area (Å²) in [5, 5.41) is 8.28. The number of hydrogen-bond acceptors (Lipinski definition) is 3. The van der Waals surface area contributed by atoms with Gasteiger partial charge in [0.1, 0.15) is 0 Å². The maximum Gasteiger partial charge on any atom is 0.219 e. The minimum absolute atomic E-state index is 0.137. The van der Waals surface area contributed by atoms with Crippen LogP contribution in [0.1, 0.15) is 39.5 Å². The number of piperidine rings is 1. The Morgan fingerprint density at radius 1 is 1.47 bits per heavy atom. The van der Waals surface area contributed by atoms with Crippen LogP contribution in [0.25, 0.3) is 0 Å². The molecule has 0 amide bonds. The normalized spacial score (nSPS) is 26.5. The molecule has 4 nitrogen and oxygen atoms in total. The molecule has 0 saturated carbocycles. The number of aliphatic hydroxyl groups excluding tert-OH is 1. The van der Waals surface area contributed by atoms with Crippen molar-refractivity contribution in [2.75, 3.05) is 13.2 Å². The van der Waals surface area contributed by atoms with Gasteiger partial charge in [-0.1, -0.05) is 13.3 Å². The van der Waals surface area contributed by atoms with Crippen molar-refractivity contribution in [3.05, 3.63) is 0 Å². The van der Waals surface area contributed by atoms with Crippen LogP contribution in [0.4, 0.5) is 0 Å². The molecular formula is C10H21NO3S. The Labute approximate surface area is 92.3 Å². The van der Waals surface area contributed by atoms with Crippen LogP contribution in [-0.4, -0.2) is 42.3 Å².